The molecule has 0 saturated heterocycles. The van der Waals surface area contributed by atoms with Gasteiger partial charge >= 0.3 is 0 Å². The minimum Gasteiger partial charge on any atom is -0.0652 e. The summed E-state index contributed by atoms with van der Waals surface area (Å²) in [6.07, 6.45) is 8.62. The molecule has 0 N–H and O–H groups in total. The second kappa shape index (κ2) is 4.65. The molecule has 0 fully saturated rings. The van der Waals surface area contributed by atoms with Crippen LogP contribution >= 0.6 is 0 Å². The summed E-state index contributed by atoms with van der Waals surface area (Å²) >= 11 is 0. The maximum Gasteiger partial charge on any atom is -0.00551 e. The molecule has 0 aliphatic heterocycles. The summed E-state index contributed by atoms with van der Waals surface area (Å²) in [5.41, 5.74) is 6.26. The summed E-state index contributed by atoms with van der Waals surface area (Å²) in [7, 11) is 0. The smallest absolute Gasteiger partial charge is 0.00551 e. The van der Waals surface area contributed by atoms with Gasteiger partial charge in [-0.1, -0.05) is 56.5 Å². The monoisotopic (exact) mass is 200 g/mol. The molecular formula is C15H20. The van der Waals surface area contributed by atoms with Gasteiger partial charge in [-0.2, -0.15) is 0 Å². The predicted octanol–water partition coefficient (Wildman–Crippen LogP) is 4.38. The number of benzene rings is 1. The number of rotatable bonds is 4. The van der Waals surface area contributed by atoms with Crippen molar-refractivity contribution >= 4 is 6.08 Å². The highest BCUT2D eigenvalue weighted by molar-refractivity contribution is 5.65. The van der Waals surface area contributed by atoms with Crippen LogP contribution in [0.2, 0.25) is 0 Å². The number of aryl methyl sites for hydroxylation is 1. The van der Waals surface area contributed by atoms with Crippen molar-refractivity contribution in [1.29, 1.82) is 0 Å². The van der Waals surface area contributed by atoms with Crippen LogP contribution in [0.15, 0.2) is 23.8 Å². The Hall–Kier alpha value is -1.04. The molecule has 0 heterocycles. The van der Waals surface area contributed by atoms with Crippen molar-refractivity contribution < 1.29 is 0 Å². The van der Waals surface area contributed by atoms with E-state index in [4.69, 9.17) is 0 Å². The second-order valence-electron chi connectivity index (χ2n) is 4.46. The van der Waals surface area contributed by atoms with Gasteiger partial charge in [0.05, 0.1) is 0 Å². The lowest BCUT2D eigenvalue weighted by atomic mass is 9.98. The van der Waals surface area contributed by atoms with Crippen LogP contribution in [0.3, 0.4) is 0 Å². The third kappa shape index (κ3) is 2.14. The zero-order valence-electron chi connectivity index (χ0n) is 9.84. The Morgan fingerprint density at radius 3 is 2.60 bits per heavy atom. The number of allylic oxidation sites excluding steroid dienone is 1. The SMILES string of the molecule is CCCC1=Cc2cccc(CCC)c2C1. The molecule has 1 aromatic carbocycles. The van der Waals surface area contributed by atoms with E-state index in [0.29, 0.717) is 0 Å². The molecule has 0 spiro atoms. The van der Waals surface area contributed by atoms with Crippen molar-refractivity contribution in [2.75, 3.05) is 0 Å². The third-order valence-corrected chi connectivity index (χ3v) is 3.16. The lowest BCUT2D eigenvalue weighted by Crippen LogP contribution is -1.93. The molecule has 15 heavy (non-hydrogen) atoms. The molecule has 0 atom stereocenters. The molecule has 0 bridgehead atoms. The van der Waals surface area contributed by atoms with Crippen molar-refractivity contribution in [2.24, 2.45) is 0 Å². The normalized spacial score (nSPS) is 13.9. The van der Waals surface area contributed by atoms with Crippen LogP contribution in [0.1, 0.15) is 49.8 Å². The molecule has 0 amide bonds. The molecule has 1 aromatic rings. The van der Waals surface area contributed by atoms with Crippen LogP contribution in [0, 0.1) is 0 Å². The van der Waals surface area contributed by atoms with E-state index >= 15 is 0 Å². The molecule has 80 valence electrons. The number of hydrogen-bond donors (Lipinski definition) is 0. The average Bonchev–Trinajstić information content (AvgIpc) is 2.62. The van der Waals surface area contributed by atoms with Crippen molar-refractivity contribution in [3.63, 3.8) is 0 Å². The van der Waals surface area contributed by atoms with Crippen LogP contribution in [-0.2, 0) is 12.8 Å². The molecule has 1 aliphatic carbocycles. The highest BCUT2D eigenvalue weighted by Crippen LogP contribution is 2.30. The zero-order chi connectivity index (χ0) is 10.7. The van der Waals surface area contributed by atoms with Crippen LogP contribution in [0.5, 0.6) is 0 Å². The quantitative estimate of drug-likeness (QED) is 0.676. The summed E-state index contributed by atoms with van der Waals surface area (Å²) in [6.45, 7) is 4.52. The largest absolute Gasteiger partial charge is 0.0652 e. The van der Waals surface area contributed by atoms with Gasteiger partial charge in [0, 0.05) is 0 Å². The first-order valence-corrected chi connectivity index (χ1v) is 6.15. The fraction of sp³-hybridized carbons (Fsp3) is 0.467. The summed E-state index contributed by atoms with van der Waals surface area (Å²) < 4.78 is 0. The zero-order valence-corrected chi connectivity index (χ0v) is 9.84. The fourth-order valence-electron chi connectivity index (χ4n) is 2.49. The van der Waals surface area contributed by atoms with Gasteiger partial charge in [-0.3, -0.25) is 0 Å². The van der Waals surface area contributed by atoms with E-state index < -0.39 is 0 Å². The van der Waals surface area contributed by atoms with Crippen LogP contribution in [-0.4, -0.2) is 0 Å². The van der Waals surface area contributed by atoms with Crippen molar-refractivity contribution in [3.8, 4) is 0 Å². The van der Waals surface area contributed by atoms with E-state index in [1.165, 1.54) is 37.7 Å². The van der Waals surface area contributed by atoms with Crippen molar-refractivity contribution in [3.05, 3.63) is 40.5 Å². The first kappa shape index (κ1) is 10.5. The summed E-state index contributed by atoms with van der Waals surface area (Å²) in [5, 5.41) is 0. The molecule has 0 saturated carbocycles. The lowest BCUT2D eigenvalue weighted by Gasteiger charge is -2.07. The first-order chi connectivity index (χ1) is 7.35. The van der Waals surface area contributed by atoms with Gasteiger partial charge in [0.1, 0.15) is 0 Å². The van der Waals surface area contributed by atoms with Crippen LogP contribution < -0.4 is 0 Å². The maximum atomic E-state index is 2.40. The average molecular weight is 200 g/mol. The molecule has 0 nitrogen and oxygen atoms in total. The topological polar surface area (TPSA) is 0 Å². The summed E-state index contributed by atoms with van der Waals surface area (Å²) in [4.78, 5) is 0. The molecule has 0 aromatic heterocycles. The number of fused-ring (bicyclic) bond motifs is 1. The van der Waals surface area contributed by atoms with E-state index in [1.807, 2.05) is 0 Å². The Kier molecular flexibility index (Phi) is 3.25. The molecule has 0 unspecified atom stereocenters. The highest BCUT2D eigenvalue weighted by Gasteiger charge is 2.14. The Morgan fingerprint density at radius 1 is 1.07 bits per heavy atom. The third-order valence-electron chi connectivity index (χ3n) is 3.16. The minimum atomic E-state index is 1.21. The second-order valence-corrected chi connectivity index (χ2v) is 4.46. The van der Waals surface area contributed by atoms with Crippen LogP contribution in [0.4, 0.5) is 0 Å². The summed E-state index contributed by atoms with van der Waals surface area (Å²) in [5.74, 6) is 0. The fourth-order valence-corrected chi connectivity index (χ4v) is 2.49. The van der Waals surface area contributed by atoms with Crippen LogP contribution in [0.25, 0.3) is 6.08 Å². The molecular weight excluding hydrogens is 180 g/mol. The van der Waals surface area contributed by atoms with Gasteiger partial charge in [-0.15, -0.1) is 0 Å². The summed E-state index contributed by atoms with van der Waals surface area (Å²) in [6, 6.07) is 6.76. The van der Waals surface area contributed by atoms with E-state index in [-0.39, 0.29) is 0 Å². The Balaban J connectivity index is 2.24. The van der Waals surface area contributed by atoms with Crippen molar-refractivity contribution in [1.82, 2.24) is 0 Å². The van der Waals surface area contributed by atoms with E-state index in [9.17, 15) is 0 Å². The van der Waals surface area contributed by atoms with Gasteiger partial charge in [0.2, 0.25) is 0 Å². The van der Waals surface area contributed by atoms with Gasteiger partial charge < -0.3 is 0 Å². The van der Waals surface area contributed by atoms with E-state index in [1.54, 1.807) is 16.7 Å². The lowest BCUT2D eigenvalue weighted by molar-refractivity contribution is 0.868. The van der Waals surface area contributed by atoms with Gasteiger partial charge in [0.25, 0.3) is 0 Å². The molecule has 1 aliphatic rings. The minimum absolute atomic E-state index is 1.21. The Morgan fingerprint density at radius 2 is 1.87 bits per heavy atom. The van der Waals surface area contributed by atoms with Crippen molar-refractivity contribution in [2.45, 2.75) is 46.0 Å². The van der Waals surface area contributed by atoms with Gasteiger partial charge in [-0.25, -0.2) is 0 Å². The molecule has 0 heteroatoms. The van der Waals surface area contributed by atoms with E-state index in [0.717, 1.165) is 0 Å². The van der Waals surface area contributed by atoms with Gasteiger partial charge in [0.15, 0.2) is 0 Å². The highest BCUT2D eigenvalue weighted by atomic mass is 14.2. The predicted molar refractivity (Wildman–Crippen MR) is 67.0 cm³/mol. The molecule has 2 rings (SSSR count). The first-order valence-electron chi connectivity index (χ1n) is 6.15. The molecule has 0 radical (unpaired) electrons. The maximum absolute atomic E-state index is 2.40. The van der Waals surface area contributed by atoms with E-state index in [2.05, 4.69) is 38.1 Å². The standard InChI is InChI=1S/C15H20/c1-3-6-12-10-14-9-5-8-13(7-4-2)15(14)11-12/h5,8-10H,3-4,6-7,11H2,1-2H3. The Bertz CT molecular complexity index is 372. The van der Waals surface area contributed by atoms with Gasteiger partial charge in [-0.05, 0) is 36.0 Å². The Labute approximate surface area is 93.0 Å². The number of hydrogen-bond acceptors (Lipinski definition) is 0.